The predicted molar refractivity (Wildman–Crippen MR) is 74.8 cm³/mol. The maximum Gasteiger partial charge on any atom is 0.201 e. The number of sulfone groups is 1. The second-order valence-corrected chi connectivity index (χ2v) is 10.2. The lowest BCUT2D eigenvalue weighted by Crippen LogP contribution is -2.10. The van der Waals surface area contributed by atoms with Gasteiger partial charge in [0, 0.05) is 11.4 Å². The van der Waals surface area contributed by atoms with Crippen molar-refractivity contribution in [2.45, 2.75) is 11.8 Å². The van der Waals surface area contributed by atoms with Gasteiger partial charge < -0.3 is 5.73 Å². The van der Waals surface area contributed by atoms with Crippen molar-refractivity contribution in [1.29, 1.82) is 0 Å². The first kappa shape index (κ1) is 15.3. The molecule has 0 aliphatic carbocycles. The molecule has 0 unspecified atom stereocenters. The summed E-state index contributed by atoms with van der Waals surface area (Å²) < 4.78 is 46.2. The average molecular weight is 309 g/mol. The molecule has 0 fully saturated rings. The Bertz CT molecular complexity index is 591. The summed E-state index contributed by atoms with van der Waals surface area (Å²) in [6, 6.07) is 5.85. The summed E-state index contributed by atoms with van der Waals surface area (Å²) in [6.07, 6.45) is 0. The first-order valence-corrected chi connectivity index (χ1v) is 10.0. The van der Waals surface area contributed by atoms with Gasteiger partial charge in [0.25, 0.3) is 0 Å². The highest BCUT2D eigenvalue weighted by atomic mass is 33.1. The van der Waals surface area contributed by atoms with E-state index < -0.39 is 18.7 Å². The lowest BCUT2D eigenvalue weighted by Gasteiger charge is -2.04. The lowest BCUT2D eigenvalue weighted by molar-refractivity contribution is 0.597. The Morgan fingerprint density at radius 1 is 1.11 bits per heavy atom. The lowest BCUT2D eigenvalue weighted by atomic mass is 10.3. The average Bonchev–Trinajstić information content (AvgIpc) is 2.29. The molecule has 102 valence electrons. The van der Waals surface area contributed by atoms with Crippen molar-refractivity contribution in [3.8, 4) is 0 Å². The third-order valence-electron chi connectivity index (χ3n) is 2.21. The molecule has 5 nitrogen and oxygen atoms in total. The van der Waals surface area contributed by atoms with Crippen LogP contribution in [0.1, 0.15) is 6.92 Å². The molecule has 0 saturated carbocycles. The van der Waals surface area contributed by atoms with E-state index in [4.69, 9.17) is 5.73 Å². The van der Waals surface area contributed by atoms with Crippen LogP contribution in [-0.4, -0.2) is 34.1 Å². The van der Waals surface area contributed by atoms with E-state index in [1.54, 1.807) is 0 Å². The summed E-state index contributed by atoms with van der Waals surface area (Å²) in [7, 11) is -5.98. The van der Waals surface area contributed by atoms with Gasteiger partial charge >= 0.3 is 0 Å². The molecule has 18 heavy (non-hydrogen) atoms. The summed E-state index contributed by atoms with van der Waals surface area (Å²) in [5.74, 6) is -0.177. The standard InChI is InChI=1S/C10H15NO4S3/c1-2-18(14,15)16-7-8-17(12,13)10-5-3-9(11)4-6-10/h3-6H,2,7-8,11H2,1H3. The van der Waals surface area contributed by atoms with Gasteiger partial charge in [-0.1, -0.05) is 6.92 Å². The highest BCUT2D eigenvalue weighted by molar-refractivity contribution is 8.72. The fourth-order valence-electron chi connectivity index (χ4n) is 1.15. The monoisotopic (exact) mass is 309 g/mol. The molecule has 8 heteroatoms. The Hall–Kier alpha value is -0.730. The Labute approximate surface area is 111 Å². The normalized spacial score (nSPS) is 12.5. The van der Waals surface area contributed by atoms with Crippen LogP contribution in [0.25, 0.3) is 0 Å². The molecule has 1 rings (SSSR count). The second kappa shape index (κ2) is 5.94. The maximum absolute atomic E-state index is 11.9. The zero-order valence-electron chi connectivity index (χ0n) is 9.87. The fraction of sp³-hybridized carbons (Fsp3) is 0.400. The van der Waals surface area contributed by atoms with Crippen molar-refractivity contribution in [2.24, 2.45) is 0 Å². The van der Waals surface area contributed by atoms with Gasteiger partial charge in [0.1, 0.15) is 0 Å². The Morgan fingerprint density at radius 3 is 2.17 bits per heavy atom. The van der Waals surface area contributed by atoms with Crippen LogP contribution in [0, 0.1) is 0 Å². The van der Waals surface area contributed by atoms with Crippen LogP contribution in [0.3, 0.4) is 0 Å². The third-order valence-corrected chi connectivity index (χ3v) is 7.92. The van der Waals surface area contributed by atoms with Gasteiger partial charge in [-0.25, -0.2) is 16.8 Å². The molecule has 0 atom stereocenters. The van der Waals surface area contributed by atoms with Gasteiger partial charge in [-0.2, -0.15) is 0 Å². The minimum Gasteiger partial charge on any atom is -0.399 e. The molecule has 0 aliphatic rings. The zero-order valence-corrected chi connectivity index (χ0v) is 12.3. The van der Waals surface area contributed by atoms with E-state index in [-0.39, 0.29) is 22.2 Å². The highest BCUT2D eigenvalue weighted by Crippen LogP contribution is 2.17. The molecule has 0 amide bonds. The summed E-state index contributed by atoms with van der Waals surface area (Å²) in [4.78, 5) is 0.159. The summed E-state index contributed by atoms with van der Waals surface area (Å²) >= 11 is 0. The van der Waals surface area contributed by atoms with Gasteiger partial charge in [0.2, 0.25) is 8.87 Å². The third kappa shape index (κ3) is 4.51. The highest BCUT2D eigenvalue weighted by Gasteiger charge is 2.16. The summed E-state index contributed by atoms with van der Waals surface area (Å²) in [5.41, 5.74) is 5.95. The molecular formula is C10H15NO4S3. The van der Waals surface area contributed by atoms with Crippen molar-refractivity contribution in [1.82, 2.24) is 0 Å². The molecule has 2 N–H and O–H groups in total. The first-order valence-electron chi connectivity index (χ1n) is 5.22. The van der Waals surface area contributed by atoms with Gasteiger partial charge in [-0.05, 0) is 35.1 Å². The molecule has 1 aromatic rings. The molecule has 0 aromatic heterocycles. The number of hydrogen-bond acceptors (Lipinski definition) is 6. The first-order chi connectivity index (χ1) is 8.27. The van der Waals surface area contributed by atoms with Crippen LogP contribution >= 0.6 is 10.8 Å². The molecule has 1 aromatic carbocycles. The quantitative estimate of drug-likeness (QED) is 0.625. The van der Waals surface area contributed by atoms with Crippen LogP contribution in [0.5, 0.6) is 0 Å². The van der Waals surface area contributed by atoms with Gasteiger partial charge in [-0.15, -0.1) is 0 Å². The number of rotatable bonds is 6. The van der Waals surface area contributed by atoms with Crippen LogP contribution < -0.4 is 5.73 Å². The minimum absolute atomic E-state index is 0.000412. The zero-order chi connectivity index (χ0) is 13.8. The maximum atomic E-state index is 11.9. The van der Waals surface area contributed by atoms with Crippen LogP contribution in [0.4, 0.5) is 5.69 Å². The van der Waals surface area contributed by atoms with E-state index in [1.165, 1.54) is 31.2 Å². The van der Waals surface area contributed by atoms with Crippen molar-refractivity contribution in [3.05, 3.63) is 24.3 Å². The van der Waals surface area contributed by atoms with Crippen molar-refractivity contribution >= 4 is 35.2 Å². The van der Waals surface area contributed by atoms with Crippen LogP contribution in [-0.2, 0) is 18.7 Å². The predicted octanol–water partition coefficient (Wildman–Crippen LogP) is 1.13. The Balaban J connectivity index is 2.69. The van der Waals surface area contributed by atoms with E-state index in [0.29, 0.717) is 16.5 Å². The number of anilines is 1. The van der Waals surface area contributed by atoms with Crippen molar-refractivity contribution < 1.29 is 16.8 Å². The molecule has 0 spiro atoms. The van der Waals surface area contributed by atoms with Crippen molar-refractivity contribution in [3.63, 3.8) is 0 Å². The molecule has 0 bridgehead atoms. The van der Waals surface area contributed by atoms with Gasteiger partial charge in [-0.3, -0.25) is 0 Å². The van der Waals surface area contributed by atoms with Crippen LogP contribution in [0.15, 0.2) is 29.2 Å². The summed E-state index contributed by atoms with van der Waals surface area (Å²) in [6.45, 7) is 1.52. The van der Waals surface area contributed by atoms with E-state index in [1.807, 2.05) is 0 Å². The molecule has 0 heterocycles. The number of benzene rings is 1. The van der Waals surface area contributed by atoms with Crippen LogP contribution in [0.2, 0.25) is 0 Å². The van der Waals surface area contributed by atoms with Crippen molar-refractivity contribution in [2.75, 3.05) is 23.0 Å². The van der Waals surface area contributed by atoms with E-state index in [0.717, 1.165) is 0 Å². The molecule has 0 aliphatic heterocycles. The van der Waals surface area contributed by atoms with Gasteiger partial charge in [0.15, 0.2) is 9.84 Å². The van der Waals surface area contributed by atoms with E-state index in [9.17, 15) is 16.8 Å². The Kier molecular flexibility index (Phi) is 5.06. The molecular weight excluding hydrogens is 294 g/mol. The number of nitrogen functional groups attached to an aromatic ring is 1. The van der Waals surface area contributed by atoms with E-state index >= 15 is 0 Å². The second-order valence-electron chi connectivity index (χ2n) is 3.56. The SMILES string of the molecule is CCS(=O)(=O)SCCS(=O)(=O)c1ccc(N)cc1. The van der Waals surface area contributed by atoms with Gasteiger partial charge in [0.05, 0.1) is 16.4 Å². The molecule has 0 radical (unpaired) electrons. The fourth-order valence-corrected chi connectivity index (χ4v) is 5.38. The number of hydrogen-bond donors (Lipinski definition) is 1. The van der Waals surface area contributed by atoms with E-state index in [2.05, 4.69) is 0 Å². The molecule has 0 saturated heterocycles. The topological polar surface area (TPSA) is 94.3 Å². The Morgan fingerprint density at radius 2 is 1.67 bits per heavy atom. The summed E-state index contributed by atoms with van der Waals surface area (Å²) in [5, 5.41) is 0. The smallest absolute Gasteiger partial charge is 0.201 e. The number of nitrogens with two attached hydrogens (primary N) is 1. The minimum atomic E-state index is -3.45. The largest absolute Gasteiger partial charge is 0.399 e.